The highest BCUT2D eigenvalue weighted by molar-refractivity contribution is 5.67. The lowest BCUT2D eigenvalue weighted by Gasteiger charge is -2.14. The van der Waals surface area contributed by atoms with Gasteiger partial charge in [0.25, 0.3) is 0 Å². The molecule has 9 nitrogen and oxygen atoms in total. The van der Waals surface area contributed by atoms with Crippen molar-refractivity contribution in [3.05, 3.63) is 35.9 Å². The Morgan fingerprint density at radius 3 is 1.74 bits per heavy atom. The maximum Gasteiger partial charge on any atom is 0.573 e. The van der Waals surface area contributed by atoms with E-state index in [9.17, 15) is 26.3 Å². The van der Waals surface area contributed by atoms with Crippen molar-refractivity contribution in [2.75, 3.05) is 27.1 Å². The number of aromatic nitrogens is 3. The molecule has 3 rings (SSSR count). The Bertz CT molecular complexity index is 1140. The third kappa shape index (κ3) is 6.51. The average molecular weight is 508 g/mol. The summed E-state index contributed by atoms with van der Waals surface area (Å²) in [7, 11) is 4.22. The van der Waals surface area contributed by atoms with Crippen LogP contribution in [0.3, 0.4) is 0 Å². The number of methoxy groups -OCH3 is 3. The molecule has 0 unspecified atom stereocenters. The Labute approximate surface area is 193 Å². The zero-order chi connectivity index (χ0) is 26.0. The van der Waals surface area contributed by atoms with Gasteiger partial charge < -0.3 is 29.4 Å². The molecule has 2 N–H and O–H groups in total. The highest BCUT2D eigenvalue weighted by Gasteiger charge is 2.34. The second-order valence-electron chi connectivity index (χ2n) is 6.77. The van der Waals surface area contributed by atoms with Crippen molar-refractivity contribution in [2.24, 2.45) is 0 Å². The molecule has 0 aliphatic carbocycles. The third-order valence-electron chi connectivity index (χ3n) is 4.36. The van der Waals surface area contributed by atoms with E-state index in [1.807, 2.05) is 0 Å². The first-order valence-electron chi connectivity index (χ1n) is 9.48. The number of ether oxygens (including phenoxy) is 5. The van der Waals surface area contributed by atoms with Crippen LogP contribution in [0.2, 0.25) is 0 Å². The summed E-state index contributed by atoms with van der Waals surface area (Å²) in [6.07, 6.45) is -10.3. The lowest BCUT2D eigenvalue weighted by Crippen LogP contribution is -2.19. The fourth-order valence-electron chi connectivity index (χ4n) is 3.08. The summed E-state index contributed by atoms with van der Waals surface area (Å²) in [6.45, 7) is -0.355. The second kappa shape index (κ2) is 9.68. The van der Waals surface area contributed by atoms with Gasteiger partial charge in [-0.05, 0) is 29.8 Å². The van der Waals surface area contributed by atoms with Gasteiger partial charge in [-0.1, -0.05) is 0 Å². The zero-order valence-corrected chi connectivity index (χ0v) is 18.3. The van der Waals surface area contributed by atoms with Crippen LogP contribution in [-0.2, 0) is 6.54 Å². The van der Waals surface area contributed by atoms with Gasteiger partial charge in [-0.25, -0.2) is 4.68 Å². The normalized spacial score (nSPS) is 11.8. The summed E-state index contributed by atoms with van der Waals surface area (Å²) in [5.41, 5.74) is 6.19. The molecule has 1 aromatic heterocycles. The Balaban J connectivity index is 1.98. The minimum atomic E-state index is -5.14. The molecule has 0 spiro atoms. The van der Waals surface area contributed by atoms with Crippen LogP contribution < -0.4 is 29.4 Å². The van der Waals surface area contributed by atoms with Crippen LogP contribution in [-0.4, -0.2) is 48.8 Å². The van der Waals surface area contributed by atoms with Crippen LogP contribution >= 0.6 is 0 Å². The van der Waals surface area contributed by atoms with E-state index in [2.05, 4.69) is 19.6 Å². The van der Waals surface area contributed by atoms with Gasteiger partial charge in [-0.3, -0.25) is 0 Å². The van der Waals surface area contributed by atoms with Crippen LogP contribution in [0, 0.1) is 0 Å². The SMILES string of the molecule is COc1cc(-c2nc(N)n(Cc3cc(OC(F)(F)F)cc(OC(F)(F)F)c3)n2)cc(OC)c1OC. The minimum absolute atomic E-state index is 0.0798. The van der Waals surface area contributed by atoms with E-state index in [0.717, 1.165) is 16.8 Å². The molecule has 2 aromatic carbocycles. The zero-order valence-electron chi connectivity index (χ0n) is 18.3. The van der Waals surface area contributed by atoms with Crippen molar-refractivity contribution in [2.45, 2.75) is 19.3 Å². The monoisotopic (exact) mass is 508 g/mol. The first-order chi connectivity index (χ1) is 16.3. The lowest BCUT2D eigenvalue weighted by molar-refractivity contribution is -0.276. The summed E-state index contributed by atoms with van der Waals surface area (Å²) in [5.74, 6) is -1.03. The molecule has 15 heteroatoms. The van der Waals surface area contributed by atoms with Gasteiger partial charge in [0, 0.05) is 11.6 Å². The number of alkyl halides is 6. The van der Waals surface area contributed by atoms with Crippen molar-refractivity contribution >= 4 is 5.95 Å². The fourth-order valence-corrected chi connectivity index (χ4v) is 3.08. The summed E-state index contributed by atoms with van der Waals surface area (Å²) in [6, 6.07) is 5.27. The quantitative estimate of drug-likeness (QED) is 0.447. The maximum atomic E-state index is 12.6. The number of nitrogens with zero attached hydrogens (tertiary/aromatic N) is 3. The third-order valence-corrected chi connectivity index (χ3v) is 4.36. The van der Waals surface area contributed by atoms with Gasteiger partial charge in [-0.15, -0.1) is 31.4 Å². The largest absolute Gasteiger partial charge is 0.573 e. The molecule has 35 heavy (non-hydrogen) atoms. The first-order valence-corrected chi connectivity index (χ1v) is 9.48. The van der Waals surface area contributed by atoms with Crippen LogP contribution in [0.15, 0.2) is 30.3 Å². The van der Waals surface area contributed by atoms with Gasteiger partial charge in [0.15, 0.2) is 17.3 Å². The van der Waals surface area contributed by atoms with Crippen LogP contribution in [0.25, 0.3) is 11.4 Å². The predicted molar refractivity (Wildman–Crippen MR) is 108 cm³/mol. The van der Waals surface area contributed by atoms with Crippen molar-refractivity contribution in [1.82, 2.24) is 14.8 Å². The molecular formula is C20H18F6N4O5. The van der Waals surface area contributed by atoms with E-state index in [-0.39, 0.29) is 23.9 Å². The summed E-state index contributed by atoms with van der Waals surface area (Å²) in [4.78, 5) is 4.10. The van der Waals surface area contributed by atoms with Gasteiger partial charge >= 0.3 is 12.7 Å². The summed E-state index contributed by atoms with van der Waals surface area (Å²) >= 11 is 0. The number of hydrogen-bond acceptors (Lipinski definition) is 8. The molecule has 190 valence electrons. The topological polar surface area (TPSA) is 103 Å². The van der Waals surface area contributed by atoms with E-state index in [4.69, 9.17) is 19.9 Å². The number of nitrogens with two attached hydrogens (primary N) is 1. The number of halogens is 6. The Hall–Kier alpha value is -4.04. The van der Waals surface area contributed by atoms with Gasteiger partial charge in [0.1, 0.15) is 11.5 Å². The molecule has 0 saturated carbocycles. The molecule has 0 radical (unpaired) electrons. The number of nitrogen functional groups attached to an aromatic ring is 1. The van der Waals surface area contributed by atoms with E-state index in [1.54, 1.807) is 0 Å². The van der Waals surface area contributed by atoms with Crippen molar-refractivity contribution < 1.29 is 50.0 Å². The van der Waals surface area contributed by atoms with Crippen molar-refractivity contribution in [3.63, 3.8) is 0 Å². The Morgan fingerprint density at radius 1 is 0.800 bits per heavy atom. The summed E-state index contributed by atoms with van der Waals surface area (Å²) in [5, 5.41) is 4.19. The molecule has 0 aliphatic rings. The van der Waals surface area contributed by atoms with Gasteiger partial charge in [0.05, 0.1) is 27.9 Å². The molecule has 3 aromatic rings. The minimum Gasteiger partial charge on any atom is -0.493 e. The standard InChI is InChI=1S/C20H18F6N4O5/c1-31-14-6-11(7-15(32-2)16(14)33-3)17-28-18(27)30(29-17)9-10-4-12(34-19(21,22)23)8-13(5-10)35-20(24,25)26/h4-8H,9H2,1-3H3,(H2,27,28,29). The van der Waals surface area contributed by atoms with Gasteiger partial charge in [0.2, 0.25) is 11.7 Å². The van der Waals surface area contributed by atoms with Gasteiger partial charge in [-0.2, -0.15) is 4.98 Å². The van der Waals surface area contributed by atoms with E-state index >= 15 is 0 Å². The number of hydrogen-bond donors (Lipinski definition) is 1. The van der Waals surface area contributed by atoms with E-state index in [0.29, 0.717) is 28.9 Å². The predicted octanol–water partition coefficient (Wildman–Crippen LogP) is 4.40. The van der Waals surface area contributed by atoms with Crippen molar-refractivity contribution in [1.29, 1.82) is 0 Å². The second-order valence-corrected chi connectivity index (χ2v) is 6.77. The van der Waals surface area contributed by atoms with Crippen molar-refractivity contribution in [3.8, 4) is 40.1 Å². The molecule has 0 atom stereocenters. The molecular weight excluding hydrogens is 490 g/mol. The number of rotatable bonds is 8. The highest BCUT2D eigenvalue weighted by Crippen LogP contribution is 2.40. The van der Waals surface area contributed by atoms with Crippen LogP contribution in [0.4, 0.5) is 32.3 Å². The highest BCUT2D eigenvalue weighted by atomic mass is 19.4. The molecule has 1 heterocycles. The average Bonchev–Trinajstić information content (AvgIpc) is 3.10. The summed E-state index contributed by atoms with van der Waals surface area (Å²) < 4.78 is 100. The fraction of sp³-hybridized carbons (Fsp3) is 0.300. The molecule has 0 fully saturated rings. The molecule has 0 aliphatic heterocycles. The van der Waals surface area contributed by atoms with E-state index in [1.165, 1.54) is 33.5 Å². The first kappa shape index (κ1) is 25.6. The molecule has 0 bridgehead atoms. The maximum absolute atomic E-state index is 12.6. The smallest absolute Gasteiger partial charge is 0.493 e. The Kier molecular flexibility index (Phi) is 7.07. The molecule has 0 saturated heterocycles. The number of anilines is 1. The Morgan fingerprint density at radius 2 is 1.31 bits per heavy atom. The van der Waals surface area contributed by atoms with Crippen LogP contribution in [0.5, 0.6) is 28.7 Å². The molecule has 0 amide bonds. The van der Waals surface area contributed by atoms with Crippen LogP contribution in [0.1, 0.15) is 5.56 Å². The lowest BCUT2D eigenvalue weighted by atomic mass is 10.1. The van der Waals surface area contributed by atoms with E-state index < -0.39 is 24.2 Å². The number of benzene rings is 2.